The molecule has 0 amide bonds. The topological polar surface area (TPSA) is 43.1 Å². The van der Waals surface area contributed by atoms with Crippen LogP contribution >= 0.6 is 23.1 Å². The smallest absolute Gasteiger partial charge is 0.155 e. The van der Waals surface area contributed by atoms with Crippen LogP contribution in [0, 0.1) is 0 Å². The average Bonchev–Trinajstić information content (AvgIpc) is 3.09. The van der Waals surface area contributed by atoms with Crippen LogP contribution in [0.3, 0.4) is 0 Å². The number of aromatic nitrogens is 4. The van der Waals surface area contributed by atoms with Gasteiger partial charge in [-0.1, -0.05) is 17.8 Å². The van der Waals surface area contributed by atoms with Gasteiger partial charge in [-0.15, -0.1) is 11.3 Å². The molecule has 4 aromatic rings. The standard InChI is InChI=1S/C15H12N4S2/c1-20-15-18-12-3-2-10(7-13(12)21-15)6-11-9-19-5-4-16-8-14(19)17-11/h2-5,7-9H,6H2,1H3. The third-order valence-electron chi connectivity index (χ3n) is 3.31. The first kappa shape index (κ1) is 12.8. The van der Waals surface area contributed by atoms with E-state index in [9.17, 15) is 0 Å². The summed E-state index contributed by atoms with van der Waals surface area (Å²) in [6, 6.07) is 6.45. The highest BCUT2D eigenvalue weighted by molar-refractivity contribution is 8.00. The molecule has 0 atom stereocenters. The molecule has 21 heavy (non-hydrogen) atoms. The van der Waals surface area contributed by atoms with Crippen molar-refractivity contribution >= 4 is 39.0 Å². The molecule has 0 radical (unpaired) electrons. The fourth-order valence-corrected chi connectivity index (χ4v) is 3.89. The van der Waals surface area contributed by atoms with Crippen LogP contribution < -0.4 is 0 Å². The Morgan fingerprint density at radius 3 is 3.10 bits per heavy atom. The van der Waals surface area contributed by atoms with E-state index in [1.807, 2.05) is 10.6 Å². The van der Waals surface area contributed by atoms with Crippen molar-refractivity contribution in [3.05, 3.63) is 54.2 Å². The van der Waals surface area contributed by atoms with E-state index in [-0.39, 0.29) is 0 Å². The SMILES string of the molecule is CSc1nc2ccc(Cc3cn4ccncc4n3)cc2s1. The van der Waals surface area contributed by atoms with E-state index < -0.39 is 0 Å². The maximum Gasteiger partial charge on any atom is 0.155 e. The molecule has 1 aromatic carbocycles. The molecule has 104 valence electrons. The predicted molar refractivity (Wildman–Crippen MR) is 87.2 cm³/mol. The fourth-order valence-electron chi connectivity index (χ4n) is 2.33. The maximum absolute atomic E-state index is 4.59. The number of thiazole rings is 1. The van der Waals surface area contributed by atoms with Gasteiger partial charge in [0.2, 0.25) is 0 Å². The van der Waals surface area contributed by atoms with Crippen molar-refractivity contribution in [1.82, 2.24) is 19.4 Å². The van der Waals surface area contributed by atoms with Gasteiger partial charge in [0, 0.05) is 25.0 Å². The first-order valence-electron chi connectivity index (χ1n) is 6.53. The van der Waals surface area contributed by atoms with Crippen LogP contribution in [0.1, 0.15) is 11.3 Å². The summed E-state index contributed by atoms with van der Waals surface area (Å²) in [6.45, 7) is 0. The minimum Gasteiger partial charge on any atom is -0.304 e. The molecule has 0 saturated heterocycles. The zero-order chi connectivity index (χ0) is 14.2. The number of thioether (sulfide) groups is 1. The van der Waals surface area contributed by atoms with Crippen molar-refractivity contribution in [1.29, 1.82) is 0 Å². The molecule has 6 heteroatoms. The average molecular weight is 312 g/mol. The molecule has 0 bridgehead atoms. The Morgan fingerprint density at radius 1 is 1.29 bits per heavy atom. The lowest BCUT2D eigenvalue weighted by Gasteiger charge is -1.97. The number of imidazole rings is 1. The van der Waals surface area contributed by atoms with Crippen LogP contribution in [0.4, 0.5) is 0 Å². The number of hydrogen-bond acceptors (Lipinski definition) is 5. The second-order valence-corrected chi connectivity index (χ2v) is 6.82. The quantitative estimate of drug-likeness (QED) is 0.542. The predicted octanol–water partition coefficient (Wildman–Crippen LogP) is 3.65. The van der Waals surface area contributed by atoms with E-state index in [0.29, 0.717) is 0 Å². The molecule has 4 nitrogen and oxygen atoms in total. The number of benzene rings is 1. The van der Waals surface area contributed by atoms with Crippen LogP contribution in [0.5, 0.6) is 0 Å². The summed E-state index contributed by atoms with van der Waals surface area (Å²) < 4.78 is 4.35. The van der Waals surface area contributed by atoms with Crippen LogP contribution in [-0.4, -0.2) is 25.6 Å². The molecule has 4 rings (SSSR count). The van der Waals surface area contributed by atoms with Gasteiger partial charge in [-0.3, -0.25) is 4.98 Å². The minimum absolute atomic E-state index is 0.824. The monoisotopic (exact) mass is 312 g/mol. The van der Waals surface area contributed by atoms with Crippen LogP contribution in [-0.2, 0) is 6.42 Å². The highest BCUT2D eigenvalue weighted by Gasteiger charge is 2.06. The lowest BCUT2D eigenvalue weighted by Crippen LogP contribution is -1.87. The van der Waals surface area contributed by atoms with Gasteiger partial charge >= 0.3 is 0 Å². The summed E-state index contributed by atoms with van der Waals surface area (Å²) in [5.41, 5.74) is 4.27. The number of rotatable bonds is 3. The normalized spacial score (nSPS) is 11.5. The molecule has 0 saturated carbocycles. The van der Waals surface area contributed by atoms with Gasteiger partial charge < -0.3 is 4.40 Å². The summed E-state index contributed by atoms with van der Waals surface area (Å²) in [5.74, 6) is 0. The van der Waals surface area contributed by atoms with E-state index in [1.165, 1.54) is 10.3 Å². The van der Waals surface area contributed by atoms with E-state index >= 15 is 0 Å². The summed E-state index contributed by atoms with van der Waals surface area (Å²) in [6.07, 6.45) is 10.4. The Morgan fingerprint density at radius 2 is 2.24 bits per heavy atom. The molecular formula is C15H12N4S2. The highest BCUT2D eigenvalue weighted by atomic mass is 32.2. The molecule has 0 fully saturated rings. The van der Waals surface area contributed by atoms with E-state index in [2.05, 4.69) is 45.6 Å². The van der Waals surface area contributed by atoms with Crippen LogP contribution in [0.25, 0.3) is 15.9 Å². The van der Waals surface area contributed by atoms with Gasteiger partial charge in [-0.05, 0) is 24.0 Å². The molecule has 0 N–H and O–H groups in total. The van der Waals surface area contributed by atoms with Gasteiger partial charge in [0.25, 0.3) is 0 Å². The maximum atomic E-state index is 4.59. The van der Waals surface area contributed by atoms with Crippen molar-refractivity contribution < 1.29 is 0 Å². The van der Waals surface area contributed by atoms with Crippen LogP contribution in [0.2, 0.25) is 0 Å². The van der Waals surface area contributed by atoms with Gasteiger partial charge in [-0.2, -0.15) is 0 Å². The van der Waals surface area contributed by atoms with Crippen molar-refractivity contribution in [3.8, 4) is 0 Å². The molecule has 0 aliphatic rings. The van der Waals surface area contributed by atoms with E-state index in [0.717, 1.165) is 27.6 Å². The Kier molecular flexibility index (Phi) is 3.12. The summed E-state index contributed by atoms with van der Waals surface area (Å²) in [5, 5.41) is 0. The van der Waals surface area contributed by atoms with Crippen molar-refractivity contribution in [2.24, 2.45) is 0 Å². The second-order valence-electron chi connectivity index (χ2n) is 4.74. The van der Waals surface area contributed by atoms with Crippen LogP contribution in [0.15, 0.2) is 47.3 Å². The number of hydrogen-bond donors (Lipinski definition) is 0. The number of nitrogens with zero attached hydrogens (tertiary/aromatic N) is 4. The largest absolute Gasteiger partial charge is 0.304 e. The third-order valence-corrected chi connectivity index (χ3v) is 5.31. The molecule has 3 heterocycles. The molecule has 0 aliphatic heterocycles. The van der Waals surface area contributed by atoms with Gasteiger partial charge in [0.15, 0.2) is 9.99 Å². The Bertz CT molecular complexity index is 893. The minimum atomic E-state index is 0.824. The van der Waals surface area contributed by atoms with Gasteiger partial charge in [0.1, 0.15) is 0 Å². The summed E-state index contributed by atoms with van der Waals surface area (Å²) >= 11 is 3.44. The third kappa shape index (κ3) is 2.41. The van der Waals surface area contributed by atoms with Gasteiger partial charge in [-0.25, -0.2) is 9.97 Å². The van der Waals surface area contributed by atoms with Gasteiger partial charge in [0.05, 0.1) is 22.1 Å². The summed E-state index contributed by atoms with van der Waals surface area (Å²) in [4.78, 5) is 13.3. The zero-order valence-corrected chi connectivity index (χ0v) is 13.0. The molecular weight excluding hydrogens is 300 g/mol. The summed E-state index contributed by atoms with van der Waals surface area (Å²) in [7, 11) is 0. The van der Waals surface area contributed by atoms with Crippen molar-refractivity contribution in [3.63, 3.8) is 0 Å². The fraction of sp³-hybridized carbons (Fsp3) is 0.133. The Balaban J connectivity index is 1.69. The molecule has 0 unspecified atom stereocenters. The zero-order valence-electron chi connectivity index (χ0n) is 11.4. The molecule has 0 aliphatic carbocycles. The van der Waals surface area contributed by atoms with E-state index in [4.69, 9.17) is 0 Å². The second kappa shape index (κ2) is 5.13. The lowest BCUT2D eigenvalue weighted by molar-refractivity contribution is 1.11. The first-order chi connectivity index (χ1) is 10.3. The van der Waals surface area contributed by atoms with Crippen molar-refractivity contribution in [2.45, 2.75) is 10.8 Å². The Labute approximate surface area is 129 Å². The highest BCUT2D eigenvalue weighted by Crippen LogP contribution is 2.29. The first-order valence-corrected chi connectivity index (χ1v) is 8.57. The number of fused-ring (bicyclic) bond motifs is 2. The lowest BCUT2D eigenvalue weighted by atomic mass is 10.1. The molecule has 0 spiro atoms. The Hall–Kier alpha value is -1.92. The van der Waals surface area contributed by atoms with E-state index in [1.54, 1.807) is 35.5 Å². The molecule has 3 aromatic heterocycles. The van der Waals surface area contributed by atoms with Crippen molar-refractivity contribution in [2.75, 3.05) is 6.26 Å².